The van der Waals surface area contributed by atoms with Crippen LogP contribution in [0.1, 0.15) is 0 Å². The van der Waals surface area contributed by atoms with Crippen molar-refractivity contribution in [2.45, 2.75) is 0 Å². The Morgan fingerprint density at radius 2 is 1.04 bits per heavy atom. The average Bonchev–Trinajstić information content (AvgIpc) is 3.88. The first-order valence-corrected chi connectivity index (χ1v) is 17.7. The van der Waals surface area contributed by atoms with Gasteiger partial charge in [-0.15, -0.1) is 11.3 Å². The van der Waals surface area contributed by atoms with Crippen LogP contribution in [0.2, 0.25) is 0 Å². The molecule has 11 aromatic rings. The fourth-order valence-corrected chi connectivity index (χ4v) is 8.51. The van der Waals surface area contributed by atoms with Crippen LogP contribution in [0.25, 0.3) is 109 Å². The van der Waals surface area contributed by atoms with Crippen LogP contribution in [-0.2, 0) is 0 Å². The Morgan fingerprint density at radius 1 is 0.373 bits per heavy atom. The maximum atomic E-state index is 6.70. The molecule has 4 heterocycles. The summed E-state index contributed by atoms with van der Waals surface area (Å²) in [7, 11) is 0. The Bertz CT molecular complexity index is 3160. The summed E-state index contributed by atoms with van der Waals surface area (Å²) in [4.78, 5) is 15.3. The van der Waals surface area contributed by atoms with Gasteiger partial charge < -0.3 is 8.83 Å². The number of rotatable bonds is 4. The minimum atomic E-state index is 0.585. The molecule has 0 aliphatic heterocycles. The van der Waals surface area contributed by atoms with Crippen molar-refractivity contribution >= 4 is 75.4 Å². The minimum absolute atomic E-state index is 0.585. The largest absolute Gasteiger partial charge is 0.456 e. The van der Waals surface area contributed by atoms with E-state index in [1.165, 1.54) is 20.2 Å². The van der Waals surface area contributed by atoms with Gasteiger partial charge in [-0.25, -0.2) is 15.0 Å². The van der Waals surface area contributed by atoms with Gasteiger partial charge in [0.1, 0.15) is 22.3 Å². The molecule has 6 heteroatoms. The summed E-state index contributed by atoms with van der Waals surface area (Å²) in [6.45, 7) is 0. The Kier molecular flexibility index (Phi) is 6.05. The fourth-order valence-electron chi connectivity index (χ4n) is 7.36. The Morgan fingerprint density at radius 3 is 1.96 bits per heavy atom. The first kappa shape index (κ1) is 28.2. The number of nitrogens with zero attached hydrogens (tertiary/aromatic N) is 3. The smallest absolute Gasteiger partial charge is 0.164 e. The summed E-state index contributed by atoms with van der Waals surface area (Å²) < 4.78 is 15.4. The summed E-state index contributed by atoms with van der Waals surface area (Å²) in [6, 6.07) is 52.1. The molecule has 0 aliphatic rings. The van der Waals surface area contributed by atoms with Crippen molar-refractivity contribution in [3.63, 3.8) is 0 Å². The molecule has 51 heavy (non-hydrogen) atoms. The summed E-state index contributed by atoms with van der Waals surface area (Å²) >= 11 is 1.82. The molecule has 7 aromatic carbocycles. The molecule has 4 aromatic heterocycles. The van der Waals surface area contributed by atoms with Gasteiger partial charge in [-0.05, 0) is 48.0 Å². The monoisotopic (exact) mass is 671 g/mol. The zero-order valence-electron chi connectivity index (χ0n) is 27.0. The molecule has 238 valence electrons. The van der Waals surface area contributed by atoms with Gasteiger partial charge in [0.15, 0.2) is 17.5 Å². The van der Waals surface area contributed by atoms with Gasteiger partial charge in [0, 0.05) is 64.0 Å². The van der Waals surface area contributed by atoms with Gasteiger partial charge in [-0.3, -0.25) is 0 Å². The molecule has 0 amide bonds. The van der Waals surface area contributed by atoms with Gasteiger partial charge in [0.25, 0.3) is 0 Å². The number of thiophene rings is 1. The van der Waals surface area contributed by atoms with Crippen LogP contribution in [0.4, 0.5) is 0 Å². The van der Waals surface area contributed by atoms with E-state index in [4.69, 9.17) is 23.8 Å². The van der Waals surface area contributed by atoms with Crippen LogP contribution in [0, 0.1) is 0 Å². The van der Waals surface area contributed by atoms with Gasteiger partial charge >= 0.3 is 0 Å². The first-order chi connectivity index (χ1) is 25.2. The van der Waals surface area contributed by atoms with Crippen LogP contribution in [0.15, 0.2) is 160 Å². The quantitative estimate of drug-likeness (QED) is 0.186. The highest BCUT2D eigenvalue weighted by Gasteiger charge is 2.20. The maximum absolute atomic E-state index is 6.70. The molecule has 0 unspecified atom stereocenters. The lowest BCUT2D eigenvalue weighted by Crippen LogP contribution is -2.00. The minimum Gasteiger partial charge on any atom is -0.456 e. The Hall–Kier alpha value is -6.63. The van der Waals surface area contributed by atoms with E-state index in [9.17, 15) is 0 Å². The Labute approximate surface area is 295 Å². The lowest BCUT2D eigenvalue weighted by atomic mass is 9.99. The van der Waals surface area contributed by atoms with Crippen molar-refractivity contribution in [3.8, 4) is 45.3 Å². The summed E-state index contributed by atoms with van der Waals surface area (Å²) in [5.41, 5.74) is 8.18. The van der Waals surface area contributed by atoms with E-state index in [-0.39, 0.29) is 0 Å². The molecule has 0 N–H and O–H groups in total. The third-order valence-electron chi connectivity index (χ3n) is 9.76. The van der Waals surface area contributed by atoms with Crippen LogP contribution in [0.3, 0.4) is 0 Å². The lowest BCUT2D eigenvalue weighted by molar-refractivity contribution is 0.669. The molecule has 5 nitrogen and oxygen atoms in total. The molecule has 11 rings (SSSR count). The van der Waals surface area contributed by atoms with Crippen molar-refractivity contribution in [1.82, 2.24) is 15.0 Å². The van der Waals surface area contributed by atoms with E-state index in [2.05, 4.69) is 78.9 Å². The molecule has 0 radical (unpaired) electrons. The SMILES string of the molecule is c1ccc(-c2nc(-c3ccc4oc5ccccc5c4c3)nc(-c3cccc4oc5c(-c6ccc7c(c6)sc6ccccc67)cccc5c34)n2)cc1. The molecule has 0 atom stereocenters. The van der Waals surface area contributed by atoms with Crippen molar-refractivity contribution < 1.29 is 8.83 Å². The number of furan rings is 2. The van der Waals surface area contributed by atoms with Crippen LogP contribution in [0.5, 0.6) is 0 Å². The van der Waals surface area contributed by atoms with E-state index >= 15 is 0 Å². The van der Waals surface area contributed by atoms with E-state index in [1.54, 1.807) is 0 Å². The van der Waals surface area contributed by atoms with Crippen LogP contribution >= 0.6 is 11.3 Å². The van der Waals surface area contributed by atoms with E-state index in [1.807, 2.05) is 84.1 Å². The number of hydrogen-bond acceptors (Lipinski definition) is 6. The van der Waals surface area contributed by atoms with Crippen molar-refractivity contribution in [1.29, 1.82) is 0 Å². The molecular weight excluding hydrogens is 647 g/mol. The zero-order chi connectivity index (χ0) is 33.5. The van der Waals surface area contributed by atoms with Crippen LogP contribution in [-0.4, -0.2) is 15.0 Å². The van der Waals surface area contributed by atoms with Crippen molar-refractivity contribution in [2.24, 2.45) is 0 Å². The van der Waals surface area contributed by atoms with Gasteiger partial charge in [0.05, 0.1) is 0 Å². The van der Waals surface area contributed by atoms with E-state index in [0.29, 0.717) is 17.5 Å². The van der Waals surface area contributed by atoms with Crippen molar-refractivity contribution in [2.75, 3.05) is 0 Å². The van der Waals surface area contributed by atoms with Crippen LogP contribution < -0.4 is 0 Å². The highest BCUT2D eigenvalue weighted by atomic mass is 32.1. The number of fused-ring (bicyclic) bond motifs is 9. The second-order valence-corrected chi connectivity index (χ2v) is 13.8. The summed E-state index contributed by atoms with van der Waals surface area (Å²) in [6.07, 6.45) is 0. The zero-order valence-corrected chi connectivity index (χ0v) is 27.8. The molecule has 0 aliphatic carbocycles. The molecular formula is C45H25N3O2S. The normalized spacial score (nSPS) is 11.9. The van der Waals surface area contributed by atoms with Crippen molar-refractivity contribution in [3.05, 3.63) is 152 Å². The summed E-state index contributed by atoms with van der Waals surface area (Å²) in [5.74, 6) is 1.78. The number of benzene rings is 7. The highest BCUT2D eigenvalue weighted by molar-refractivity contribution is 7.25. The number of aromatic nitrogens is 3. The molecule has 0 saturated heterocycles. The van der Waals surface area contributed by atoms with Gasteiger partial charge in [0.2, 0.25) is 0 Å². The third-order valence-corrected chi connectivity index (χ3v) is 10.9. The Balaban J connectivity index is 1.11. The molecule has 0 saturated carbocycles. The topological polar surface area (TPSA) is 65.0 Å². The van der Waals surface area contributed by atoms with Gasteiger partial charge in [-0.2, -0.15) is 0 Å². The second kappa shape index (κ2) is 10.9. The first-order valence-electron chi connectivity index (χ1n) is 16.8. The number of hydrogen-bond donors (Lipinski definition) is 0. The number of para-hydroxylation sites is 2. The standard InChI is InChI=1S/C45H25N3O2S/c1-2-10-26(11-3-1)43-46-44(28-21-23-37-35(24-28)30-12-4-6-17-36(30)49-37)48-45(47-43)34-16-9-18-38-41(34)33-15-8-14-29(42(33)50-38)27-20-22-32-31-13-5-7-19-39(31)51-40(32)25-27/h1-25H. The fraction of sp³-hybridized carbons (Fsp3) is 0. The average molecular weight is 672 g/mol. The second-order valence-electron chi connectivity index (χ2n) is 12.8. The molecule has 0 bridgehead atoms. The lowest BCUT2D eigenvalue weighted by Gasteiger charge is -2.09. The van der Waals surface area contributed by atoms with Gasteiger partial charge in [-0.1, -0.05) is 109 Å². The molecule has 0 spiro atoms. The highest BCUT2D eigenvalue weighted by Crippen LogP contribution is 2.42. The molecule has 0 fully saturated rings. The van der Waals surface area contributed by atoms with E-state index < -0.39 is 0 Å². The summed E-state index contributed by atoms with van der Waals surface area (Å²) in [5, 5.41) is 6.65. The van der Waals surface area contributed by atoms with E-state index in [0.717, 1.165) is 71.7 Å². The predicted octanol–water partition coefficient (Wildman–Crippen LogP) is 12.7. The maximum Gasteiger partial charge on any atom is 0.164 e. The third kappa shape index (κ3) is 4.43. The predicted molar refractivity (Wildman–Crippen MR) is 209 cm³/mol.